The zero-order valence-corrected chi connectivity index (χ0v) is 13.6. The van der Waals surface area contributed by atoms with Crippen LogP contribution in [0.4, 0.5) is 0 Å². The van der Waals surface area contributed by atoms with Crippen LogP contribution in [0.25, 0.3) is 0 Å². The summed E-state index contributed by atoms with van der Waals surface area (Å²) in [4.78, 5) is 14.5. The molecular weight excluding hydrogens is 272 g/mol. The van der Waals surface area contributed by atoms with E-state index in [2.05, 4.69) is 36.2 Å². The van der Waals surface area contributed by atoms with Crippen molar-refractivity contribution in [3.63, 3.8) is 0 Å². The van der Waals surface area contributed by atoms with E-state index in [1.807, 2.05) is 6.92 Å². The minimum atomic E-state index is -0.832. The van der Waals surface area contributed by atoms with Crippen LogP contribution in [-0.2, 0) is 14.3 Å². The molecule has 0 bridgehead atoms. The summed E-state index contributed by atoms with van der Waals surface area (Å²) in [5.41, 5.74) is 0. The second-order valence-electron chi connectivity index (χ2n) is 4.82. The van der Waals surface area contributed by atoms with E-state index < -0.39 is 5.97 Å². The highest BCUT2D eigenvalue weighted by Crippen LogP contribution is 2.04. The summed E-state index contributed by atoms with van der Waals surface area (Å²) in [6, 6.07) is 0. The largest absolute Gasteiger partial charge is 0.481 e. The molecule has 1 aliphatic heterocycles. The van der Waals surface area contributed by atoms with Gasteiger partial charge in [-0.15, -0.1) is 0 Å². The molecule has 1 heterocycles. The molecule has 0 radical (unpaired) electrons. The Morgan fingerprint density at radius 1 is 1.19 bits per heavy atom. The van der Waals surface area contributed by atoms with Crippen molar-refractivity contribution in [3.05, 3.63) is 12.4 Å². The van der Waals surface area contributed by atoms with Crippen molar-refractivity contribution in [2.24, 2.45) is 0 Å². The van der Waals surface area contributed by atoms with Gasteiger partial charge in [-0.3, -0.25) is 4.79 Å². The minimum Gasteiger partial charge on any atom is -0.481 e. The Balaban J connectivity index is 0.000000382. The molecule has 6 heteroatoms. The number of carboxylic acid groups (broad SMARTS) is 1. The second kappa shape index (κ2) is 13.7. The molecule has 21 heavy (non-hydrogen) atoms. The lowest BCUT2D eigenvalue weighted by molar-refractivity contribution is -0.138. The Morgan fingerprint density at radius 3 is 2.43 bits per heavy atom. The molecule has 0 aromatic heterocycles. The zero-order chi connectivity index (χ0) is 15.9. The van der Waals surface area contributed by atoms with Crippen LogP contribution in [0.2, 0.25) is 0 Å². The highest BCUT2D eigenvalue weighted by Gasteiger charge is 2.05. The van der Waals surface area contributed by atoms with Gasteiger partial charge in [-0.2, -0.15) is 0 Å². The van der Waals surface area contributed by atoms with Crippen LogP contribution in [0.5, 0.6) is 0 Å². The number of aliphatic carboxylic acids is 1. The number of nitrogens with zero attached hydrogens (tertiary/aromatic N) is 2. The summed E-state index contributed by atoms with van der Waals surface area (Å²) in [6.07, 6.45) is 6.93. The molecule has 1 rings (SSSR count). The Bertz CT molecular complexity index is 285. The van der Waals surface area contributed by atoms with Crippen LogP contribution in [0.1, 0.15) is 33.1 Å². The van der Waals surface area contributed by atoms with Crippen LogP contribution in [0.3, 0.4) is 0 Å². The van der Waals surface area contributed by atoms with Crippen LogP contribution < -0.4 is 0 Å². The molecule has 0 saturated carbocycles. The summed E-state index contributed by atoms with van der Waals surface area (Å²) in [5.74, 6) is -0.832. The van der Waals surface area contributed by atoms with Crippen molar-refractivity contribution in [3.8, 4) is 0 Å². The first-order valence-electron chi connectivity index (χ1n) is 7.60. The topological polar surface area (TPSA) is 62.2 Å². The van der Waals surface area contributed by atoms with E-state index in [9.17, 15) is 4.79 Å². The number of ether oxygens (including phenoxy) is 2. The van der Waals surface area contributed by atoms with Gasteiger partial charge in [0.1, 0.15) is 0 Å². The molecule has 0 unspecified atom stereocenters. The third-order valence-electron chi connectivity index (χ3n) is 2.77. The van der Waals surface area contributed by atoms with Gasteiger partial charge in [0.2, 0.25) is 0 Å². The Kier molecular flexibility index (Phi) is 12.9. The molecule has 1 N–H and O–H groups in total. The first-order valence-corrected chi connectivity index (χ1v) is 7.60. The quantitative estimate of drug-likeness (QED) is 0.623. The summed E-state index contributed by atoms with van der Waals surface area (Å²) in [7, 11) is 2.10. The number of carboxylic acids is 1. The molecule has 124 valence electrons. The Hall–Kier alpha value is -1.27. The van der Waals surface area contributed by atoms with Crippen LogP contribution in [0.15, 0.2) is 12.4 Å². The predicted molar refractivity (Wildman–Crippen MR) is 82.9 cm³/mol. The van der Waals surface area contributed by atoms with Crippen LogP contribution in [0, 0.1) is 0 Å². The minimum absolute atomic E-state index is 0.0616. The zero-order valence-electron chi connectivity index (χ0n) is 13.6. The fraction of sp³-hybridized carbons (Fsp3) is 0.800. The van der Waals surface area contributed by atoms with Crippen LogP contribution in [-0.4, -0.2) is 67.6 Å². The van der Waals surface area contributed by atoms with Crippen molar-refractivity contribution in [1.29, 1.82) is 0 Å². The van der Waals surface area contributed by atoms with Crippen molar-refractivity contribution >= 4 is 5.97 Å². The number of unbranched alkanes of at least 4 members (excludes halogenated alkanes) is 1. The van der Waals surface area contributed by atoms with Crippen LogP contribution >= 0.6 is 0 Å². The van der Waals surface area contributed by atoms with Gasteiger partial charge >= 0.3 is 5.97 Å². The number of rotatable bonds is 10. The van der Waals surface area contributed by atoms with E-state index in [4.69, 9.17) is 14.6 Å². The normalized spacial score (nSPS) is 13.3. The molecule has 0 saturated heterocycles. The first-order chi connectivity index (χ1) is 10.1. The molecule has 0 spiro atoms. The van der Waals surface area contributed by atoms with E-state index in [0.717, 1.165) is 6.67 Å². The van der Waals surface area contributed by atoms with E-state index in [0.29, 0.717) is 19.8 Å². The van der Waals surface area contributed by atoms with E-state index in [1.54, 1.807) is 0 Å². The fourth-order valence-electron chi connectivity index (χ4n) is 1.62. The molecule has 0 amide bonds. The molecule has 0 aliphatic carbocycles. The molecule has 0 aromatic rings. The number of hydrogen-bond donors (Lipinski definition) is 1. The monoisotopic (exact) mass is 302 g/mol. The summed E-state index contributed by atoms with van der Waals surface area (Å²) in [6.45, 7) is 8.35. The van der Waals surface area contributed by atoms with Gasteiger partial charge in [0.15, 0.2) is 0 Å². The molecule has 1 aliphatic rings. The lowest BCUT2D eigenvalue weighted by Gasteiger charge is -2.17. The van der Waals surface area contributed by atoms with Gasteiger partial charge in [0, 0.05) is 32.6 Å². The van der Waals surface area contributed by atoms with Crippen molar-refractivity contribution in [1.82, 2.24) is 9.80 Å². The lowest BCUT2D eigenvalue weighted by atomic mass is 10.3. The first kappa shape index (κ1) is 19.7. The highest BCUT2D eigenvalue weighted by atomic mass is 16.5. The Labute approximate surface area is 128 Å². The maximum Gasteiger partial charge on any atom is 0.305 e. The van der Waals surface area contributed by atoms with E-state index in [-0.39, 0.29) is 13.0 Å². The van der Waals surface area contributed by atoms with Gasteiger partial charge in [-0.05, 0) is 13.3 Å². The van der Waals surface area contributed by atoms with Gasteiger partial charge in [0.25, 0.3) is 0 Å². The van der Waals surface area contributed by atoms with Crippen molar-refractivity contribution < 1.29 is 19.4 Å². The van der Waals surface area contributed by atoms with E-state index >= 15 is 0 Å². The smallest absolute Gasteiger partial charge is 0.305 e. The van der Waals surface area contributed by atoms with Crippen molar-refractivity contribution in [2.75, 3.05) is 46.7 Å². The SMILES string of the molecule is CCCCN1C=CN(C)C1.CCOCCOCCC(=O)O. The second-order valence-corrected chi connectivity index (χ2v) is 4.82. The third kappa shape index (κ3) is 13.5. The molecule has 0 aromatic carbocycles. The fourth-order valence-corrected chi connectivity index (χ4v) is 1.62. The molecule has 0 atom stereocenters. The molecule has 0 fully saturated rings. The maximum atomic E-state index is 9.98. The van der Waals surface area contributed by atoms with Crippen molar-refractivity contribution in [2.45, 2.75) is 33.1 Å². The average molecular weight is 302 g/mol. The van der Waals surface area contributed by atoms with Gasteiger partial charge in [-0.25, -0.2) is 0 Å². The Morgan fingerprint density at radius 2 is 1.90 bits per heavy atom. The number of carbonyl (C=O) groups is 1. The predicted octanol–water partition coefficient (Wildman–Crippen LogP) is 1.98. The maximum absolute atomic E-state index is 9.98. The lowest BCUT2D eigenvalue weighted by Crippen LogP contribution is -2.23. The van der Waals surface area contributed by atoms with Gasteiger partial charge in [-0.1, -0.05) is 13.3 Å². The standard InChI is InChI=1S/C8H16N2.C7H14O4/c1-3-4-5-10-7-6-9(2)8-10;1-2-10-5-6-11-4-3-7(8)9/h6-7H,3-5,8H2,1-2H3;2-6H2,1H3,(H,8,9). The summed E-state index contributed by atoms with van der Waals surface area (Å²) in [5, 5.41) is 8.20. The number of hydrogen-bond acceptors (Lipinski definition) is 5. The third-order valence-corrected chi connectivity index (χ3v) is 2.77. The molecule has 6 nitrogen and oxygen atoms in total. The molecular formula is C15H30N2O4. The summed E-state index contributed by atoms with van der Waals surface area (Å²) < 4.78 is 9.91. The average Bonchev–Trinajstić information content (AvgIpc) is 2.86. The van der Waals surface area contributed by atoms with E-state index in [1.165, 1.54) is 19.4 Å². The van der Waals surface area contributed by atoms with Gasteiger partial charge < -0.3 is 24.4 Å². The van der Waals surface area contributed by atoms with Gasteiger partial charge in [0.05, 0.1) is 32.9 Å². The highest BCUT2D eigenvalue weighted by molar-refractivity contribution is 5.66. The summed E-state index contributed by atoms with van der Waals surface area (Å²) >= 11 is 0.